The number of ether oxygens (including phenoxy) is 1. The minimum atomic E-state index is -0.360. The third-order valence-corrected chi connectivity index (χ3v) is 3.75. The normalized spacial score (nSPS) is 17.1. The number of hydrogen-bond acceptors (Lipinski definition) is 4. The highest BCUT2D eigenvalue weighted by molar-refractivity contribution is 9.10. The summed E-state index contributed by atoms with van der Waals surface area (Å²) in [5, 5.41) is 14.1. The van der Waals surface area contributed by atoms with E-state index in [1.165, 1.54) is 0 Å². The van der Waals surface area contributed by atoms with Crippen molar-refractivity contribution in [3.63, 3.8) is 0 Å². The Kier molecular flexibility index (Phi) is 3.59. The molecule has 0 atom stereocenters. The average Bonchev–Trinajstić information content (AvgIpc) is 2.25. The van der Waals surface area contributed by atoms with Crippen molar-refractivity contribution >= 4 is 27.3 Å². The number of aryl methyl sites for hydroxylation is 1. The second-order valence-corrected chi connectivity index (χ2v) is 5.89. The molecule has 1 fully saturated rings. The van der Waals surface area contributed by atoms with E-state index in [-0.39, 0.29) is 16.0 Å². The molecule has 98 valence electrons. The predicted molar refractivity (Wildman–Crippen MR) is 72.9 cm³/mol. The SMILES string of the molecule is Cc1cc(Br)c(NCC2(C)COC2)cc1[N+](=O)[O-]. The van der Waals surface area contributed by atoms with Gasteiger partial charge < -0.3 is 10.1 Å². The first kappa shape index (κ1) is 13.3. The molecule has 0 aliphatic carbocycles. The summed E-state index contributed by atoms with van der Waals surface area (Å²) in [6, 6.07) is 3.34. The van der Waals surface area contributed by atoms with Gasteiger partial charge in [-0.2, -0.15) is 0 Å². The third-order valence-electron chi connectivity index (χ3n) is 3.09. The first-order chi connectivity index (χ1) is 8.41. The van der Waals surface area contributed by atoms with Crippen LogP contribution in [0.15, 0.2) is 16.6 Å². The smallest absolute Gasteiger partial charge is 0.274 e. The monoisotopic (exact) mass is 314 g/mol. The van der Waals surface area contributed by atoms with Crippen LogP contribution in [-0.2, 0) is 4.74 Å². The second-order valence-electron chi connectivity index (χ2n) is 5.03. The summed E-state index contributed by atoms with van der Waals surface area (Å²) in [5.74, 6) is 0. The van der Waals surface area contributed by atoms with Crippen LogP contribution in [0.3, 0.4) is 0 Å². The van der Waals surface area contributed by atoms with Crippen molar-refractivity contribution in [3.8, 4) is 0 Å². The van der Waals surface area contributed by atoms with Crippen LogP contribution in [0.2, 0.25) is 0 Å². The quantitative estimate of drug-likeness (QED) is 0.685. The number of nitro groups is 1. The molecule has 1 aromatic carbocycles. The summed E-state index contributed by atoms with van der Waals surface area (Å²) in [7, 11) is 0. The lowest BCUT2D eigenvalue weighted by atomic mass is 9.88. The van der Waals surface area contributed by atoms with E-state index in [0.717, 1.165) is 29.9 Å². The van der Waals surface area contributed by atoms with Gasteiger partial charge in [0.2, 0.25) is 0 Å². The number of nitrogens with one attached hydrogen (secondary N) is 1. The Morgan fingerprint density at radius 1 is 1.56 bits per heavy atom. The van der Waals surface area contributed by atoms with Crippen LogP contribution in [-0.4, -0.2) is 24.7 Å². The Morgan fingerprint density at radius 3 is 2.72 bits per heavy atom. The van der Waals surface area contributed by atoms with Crippen LogP contribution < -0.4 is 5.32 Å². The first-order valence-electron chi connectivity index (χ1n) is 5.67. The predicted octanol–water partition coefficient (Wildman–Crippen LogP) is 3.11. The summed E-state index contributed by atoms with van der Waals surface area (Å²) in [4.78, 5) is 10.5. The summed E-state index contributed by atoms with van der Waals surface area (Å²) in [6.45, 7) is 6.05. The van der Waals surface area contributed by atoms with E-state index in [1.807, 2.05) is 0 Å². The fourth-order valence-electron chi connectivity index (χ4n) is 1.85. The lowest BCUT2D eigenvalue weighted by molar-refractivity contribution is -0.385. The van der Waals surface area contributed by atoms with E-state index >= 15 is 0 Å². The molecule has 1 N–H and O–H groups in total. The lowest BCUT2D eigenvalue weighted by Crippen LogP contribution is -2.45. The van der Waals surface area contributed by atoms with Gasteiger partial charge in [0.05, 0.1) is 23.8 Å². The Hall–Kier alpha value is -1.14. The summed E-state index contributed by atoms with van der Waals surface area (Å²) < 4.78 is 6.02. The fraction of sp³-hybridized carbons (Fsp3) is 0.500. The molecular formula is C12H15BrN2O3. The number of hydrogen-bond donors (Lipinski definition) is 1. The van der Waals surface area contributed by atoms with Gasteiger partial charge in [0.15, 0.2) is 0 Å². The molecular weight excluding hydrogens is 300 g/mol. The summed E-state index contributed by atoms with van der Waals surface area (Å²) in [5.41, 5.74) is 1.66. The van der Waals surface area contributed by atoms with Crippen LogP contribution in [0.5, 0.6) is 0 Å². The van der Waals surface area contributed by atoms with Gasteiger partial charge in [0, 0.05) is 28.1 Å². The number of nitrogens with zero attached hydrogens (tertiary/aromatic N) is 1. The zero-order valence-corrected chi connectivity index (χ0v) is 11.9. The number of benzene rings is 1. The second kappa shape index (κ2) is 4.85. The highest BCUT2D eigenvalue weighted by Gasteiger charge is 2.33. The van der Waals surface area contributed by atoms with Crippen molar-refractivity contribution < 1.29 is 9.66 Å². The van der Waals surface area contributed by atoms with Gasteiger partial charge in [0.1, 0.15) is 0 Å². The molecule has 0 radical (unpaired) electrons. The largest absolute Gasteiger partial charge is 0.383 e. The number of anilines is 1. The van der Waals surface area contributed by atoms with Gasteiger partial charge in [-0.05, 0) is 28.9 Å². The Balaban J connectivity index is 2.16. The maximum Gasteiger partial charge on any atom is 0.274 e. The maximum absolute atomic E-state index is 10.9. The van der Waals surface area contributed by atoms with E-state index in [9.17, 15) is 10.1 Å². The standard InChI is InChI=1S/C12H15BrN2O3/c1-8-3-9(13)10(4-11(8)15(16)17)14-5-12(2)6-18-7-12/h3-4,14H,5-7H2,1-2H3. The van der Waals surface area contributed by atoms with Crippen LogP contribution in [0.1, 0.15) is 12.5 Å². The number of halogens is 1. The Morgan fingerprint density at radius 2 is 2.22 bits per heavy atom. The van der Waals surface area contributed by atoms with Gasteiger partial charge in [-0.1, -0.05) is 6.92 Å². The molecule has 5 nitrogen and oxygen atoms in total. The summed E-state index contributed by atoms with van der Waals surface area (Å²) in [6.07, 6.45) is 0. The summed E-state index contributed by atoms with van der Waals surface area (Å²) >= 11 is 3.42. The molecule has 0 bridgehead atoms. The molecule has 18 heavy (non-hydrogen) atoms. The highest BCUT2D eigenvalue weighted by atomic mass is 79.9. The van der Waals surface area contributed by atoms with E-state index in [2.05, 4.69) is 28.2 Å². The molecule has 0 spiro atoms. The highest BCUT2D eigenvalue weighted by Crippen LogP contribution is 2.33. The molecule has 1 saturated heterocycles. The molecule has 1 aliphatic heterocycles. The molecule has 1 aliphatic rings. The maximum atomic E-state index is 10.9. The molecule has 0 amide bonds. The molecule has 0 aromatic heterocycles. The van der Waals surface area contributed by atoms with E-state index < -0.39 is 0 Å². The Bertz CT molecular complexity index is 486. The van der Waals surface area contributed by atoms with Gasteiger partial charge in [-0.3, -0.25) is 10.1 Å². The molecule has 0 saturated carbocycles. The van der Waals surface area contributed by atoms with E-state index in [4.69, 9.17) is 4.74 Å². The van der Waals surface area contributed by atoms with Gasteiger partial charge in [0.25, 0.3) is 5.69 Å². The van der Waals surface area contributed by atoms with Crippen molar-refractivity contribution in [1.82, 2.24) is 0 Å². The lowest BCUT2D eigenvalue weighted by Gasteiger charge is -2.38. The first-order valence-corrected chi connectivity index (χ1v) is 6.47. The van der Waals surface area contributed by atoms with Crippen LogP contribution in [0, 0.1) is 22.5 Å². The minimum absolute atomic E-state index is 0.124. The van der Waals surface area contributed by atoms with Gasteiger partial charge >= 0.3 is 0 Å². The zero-order valence-electron chi connectivity index (χ0n) is 10.3. The number of nitro benzene ring substituents is 1. The van der Waals surface area contributed by atoms with Crippen LogP contribution in [0.4, 0.5) is 11.4 Å². The molecule has 2 rings (SSSR count). The number of rotatable bonds is 4. The van der Waals surface area contributed by atoms with Crippen molar-refractivity contribution in [3.05, 3.63) is 32.3 Å². The van der Waals surface area contributed by atoms with Crippen molar-refractivity contribution in [2.24, 2.45) is 5.41 Å². The van der Waals surface area contributed by atoms with Gasteiger partial charge in [-0.25, -0.2) is 0 Å². The van der Waals surface area contributed by atoms with Crippen LogP contribution >= 0.6 is 15.9 Å². The topological polar surface area (TPSA) is 64.4 Å². The van der Waals surface area contributed by atoms with E-state index in [1.54, 1.807) is 19.1 Å². The van der Waals surface area contributed by atoms with Crippen molar-refractivity contribution in [2.45, 2.75) is 13.8 Å². The third kappa shape index (κ3) is 2.64. The van der Waals surface area contributed by atoms with Crippen molar-refractivity contribution in [1.29, 1.82) is 0 Å². The molecule has 1 aromatic rings. The zero-order chi connectivity index (χ0) is 13.3. The molecule has 6 heteroatoms. The fourth-order valence-corrected chi connectivity index (χ4v) is 2.45. The van der Waals surface area contributed by atoms with E-state index in [0.29, 0.717) is 5.56 Å². The minimum Gasteiger partial charge on any atom is -0.383 e. The molecule has 1 heterocycles. The molecule has 0 unspecified atom stereocenters. The van der Waals surface area contributed by atoms with Crippen molar-refractivity contribution in [2.75, 3.05) is 25.1 Å². The Labute approximate surface area is 114 Å². The average molecular weight is 315 g/mol. The van der Waals surface area contributed by atoms with Crippen LogP contribution in [0.25, 0.3) is 0 Å². The van der Waals surface area contributed by atoms with Gasteiger partial charge in [-0.15, -0.1) is 0 Å².